The summed E-state index contributed by atoms with van der Waals surface area (Å²) in [5.41, 5.74) is 9.77. The van der Waals surface area contributed by atoms with Gasteiger partial charge in [-0.3, -0.25) is 0 Å². The van der Waals surface area contributed by atoms with E-state index in [1.54, 1.807) is 13.2 Å². The minimum Gasteiger partial charge on any atom is -0.493 e. The van der Waals surface area contributed by atoms with Crippen LogP contribution in [0.1, 0.15) is 12.0 Å². The van der Waals surface area contributed by atoms with Crippen molar-refractivity contribution >= 4 is 0 Å². The van der Waals surface area contributed by atoms with Gasteiger partial charge >= 0.3 is 0 Å². The standard InChI is InChI=1S/C18H22N4O4/c1-22-8-6-13-12-5-7-18(23,26-21-20-19)17(13)25-16-10-11(9-14(12)22)3-4-15(16)24-2/h3-5,7,10,12-14,17,23H,6,8-9H2,1-2H3/t12-,13+,14-,17-,18+/m1/s1. The van der Waals surface area contributed by atoms with E-state index in [1.165, 1.54) is 0 Å². The number of likely N-dealkylation sites (N-methyl/N-ethyl adjacent to an activating group) is 1. The second-order valence-electron chi connectivity index (χ2n) is 7.18. The van der Waals surface area contributed by atoms with Crippen LogP contribution < -0.4 is 9.47 Å². The second kappa shape index (κ2) is 6.39. The Balaban J connectivity index is 1.85. The Hall–Kier alpha value is -2.41. The predicted octanol–water partition coefficient (Wildman–Crippen LogP) is 2.44. The van der Waals surface area contributed by atoms with E-state index in [4.69, 9.17) is 19.8 Å². The van der Waals surface area contributed by atoms with Crippen LogP contribution in [0, 0.1) is 11.8 Å². The summed E-state index contributed by atoms with van der Waals surface area (Å²) in [5, 5.41) is 14.2. The molecule has 1 fully saturated rings. The van der Waals surface area contributed by atoms with Crippen LogP contribution in [0.5, 0.6) is 11.5 Å². The molecule has 0 spiro atoms. The molecule has 138 valence electrons. The lowest BCUT2D eigenvalue weighted by Crippen LogP contribution is -2.60. The van der Waals surface area contributed by atoms with Gasteiger partial charge in [-0.15, -0.1) is 0 Å². The van der Waals surface area contributed by atoms with Crippen molar-refractivity contribution in [2.75, 3.05) is 20.7 Å². The number of ether oxygens (including phenoxy) is 2. The first-order chi connectivity index (χ1) is 12.6. The first kappa shape index (κ1) is 17.0. The maximum atomic E-state index is 11.0. The molecule has 0 radical (unpaired) electrons. The number of hydrogen-bond acceptors (Lipinski definition) is 6. The number of aliphatic hydroxyl groups is 1. The molecule has 1 saturated heterocycles. The highest BCUT2D eigenvalue weighted by Gasteiger charge is 2.53. The minimum atomic E-state index is -1.82. The average Bonchev–Trinajstić information content (AvgIpc) is 2.66. The molecule has 2 aliphatic heterocycles. The molecule has 1 aromatic carbocycles. The van der Waals surface area contributed by atoms with Crippen LogP contribution in [0.25, 0.3) is 10.4 Å². The van der Waals surface area contributed by atoms with E-state index in [0.29, 0.717) is 17.5 Å². The van der Waals surface area contributed by atoms with Gasteiger partial charge in [-0.1, -0.05) is 12.1 Å². The summed E-state index contributed by atoms with van der Waals surface area (Å²) in [7, 11) is 3.71. The van der Waals surface area contributed by atoms with Crippen molar-refractivity contribution in [1.29, 1.82) is 0 Å². The highest BCUT2D eigenvalue weighted by Crippen LogP contribution is 2.45. The maximum Gasteiger partial charge on any atom is 0.273 e. The summed E-state index contributed by atoms with van der Waals surface area (Å²) in [4.78, 5) is 10.1. The third kappa shape index (κ3) is 2.67. The first-order valence-electron chi connectivity index (χ1n) is 8.74. The molecule has 8 heteroatoms. The lowest BCUT2D eigenvalue weighted by Gasteiger charge is -2.49. The number of hydrogen-bond donors (Lipinski definition) is 1. The molecular formula is C18H22N4O4. The van der Waals surface area contributed by atoms with Gasteiger partial charge in [-0.25, -0.2) is 0 Å². The van der Waals surface area contributed by atoms with Gasteiger partial charge in [0.05, 0.1) is 7.11 Å². The Kier molecular flexibility index (Phi) is 4.19. The summed E-state index contributed by atoms with van der Waals surface area (Å²) in [6, 6.07) is 6.17. The number of piperidine rings is 1. The molecule has 3 aliphatic rings. The largest absolute Gasteiger partial charge is 0.493 e. The van der Waals surface area contributed by atoms with Crippen LogP contribution in [0.15, 0.2) is 35.6 Å². The Morgan fingerprint density at radius 1 is 1.46 bits per heavy atom. The van der Waals surface area contributed by atoms with Crippen LogP contribution in [0.4, 0.5) is 0 Å². The zero-order valence-electron chi connectivity index (χ0n) is 14.8. The molecule has 6 bridgehead atoms. The number of nitrogens with zero attached hydrogens (tertiary/aromatic N) is 4. The van der Waals surface area contributed by atoms with E-state index in [2.05, 4.69) is 22.1 Å². The van der Waals surface area contributed by atoms with Crippen LogP contribution in [-0.2, 0) is 11.3 Å². The van der Waals surface area contributed by atoms with Crippen LogP contribution in [0.2, 0.25) is 0 Å². The van der Waals surface area contributed by atoms with Gasteiger partial charge in [-0.05, 0) is 61.7 Å². The lowest BCUT2D eigenvalue weighted by atomic mass is 9.70. The summed E-state index contributed by atoms with van der Waals surface area (Å²) in [5.74, 6) is -0.440. The monoisotopic (exact) mass is 358 g/mol. The molecule has 4 rings (SSSR count). The first-order valence-corrected chi connectivity index (χ1v) is 8.74. The zero-order valence-corrected chi connectivity index (χ0v) is 14.8. The molecule has 2 heterocycles. The Morgan fingerprint density at radius 3 is 3.08 bits per heavy atom. The van der Waals surface area contributed by atoms with Crippen LogP contribution in [-0.4, -0.2) is 48.6 Å². The number of methoxy groups -OCH3 is 1. The SMILES string of the molecule is COc1ccc2cc1O[C@@H]1[C@H]3CCN(C)[C@H](C2)[C@@H]3C=C[C@]1(O)ON=[N+]=[N-]. The molecular weight excluding hydrogens is 336 g/mol. The molecule has 1 aromatic rings. The molecule has 26 heavy (non-hydrogen) atoms. The van der Waals surface area contributed by atoms with Gasteiger partial charge in [0.15, 0.2) is 17.6 Å². The average molecular weight is 358 g/mol. The van der Waals surface area contributed by atoms with Crippen molar-refractivity contribution in [3.63, 3.8) is 0 Å². The third-order valence-corrected chi connectivity index (χ3v) is 5.82. The van der Waals surface area contributed by atoms with Crippen molar-refractivity contribution in [1.82, 2.24) is 4.90 Å². The predicted molar refractivity (Wildman–Crippen MR) is 93.4 cm³/mol. The summed E-state index contributed by atoms with van der Waals surface area (Å²) >= 11 is 0. The van der Waals surface area contributed by atoms with E-state index < -0.39 is 11.9 Å². The molecule has 5 atom stereocenters. The van der Waals surface area contributed by atoms with Crippen molar-refractivity contribution in [2.45, 2.75) is 30.8 Å². The third-order valence-electron chi connectivity index (χ3n) is 5.82. The highest BCUT2D eigenvalue weighted by atomic mass is 16.8. The highest BCUT2D eigenvalue weighted by molar-refractivity contribution is 5.44. The Morgan fingerprint density at radius 2 is 2.31 bits per heavy atom. The number of rotatable bonds is 3. The number of fused-ring (bicyclic) bond motifs is 2. The van der Waals surface area contributed by atoms with E-state index in [-0.39, 0.29) is 11.8 Å². The second-order valence-corrected chi connectivity index (χ2v) is 7.18. The quantitative estimate of drug-likeness (QED) is 0.223. The fourth-order valence-electron chi connectivity index (χ4n) is 4.51. The van der Waals surface area contributed by atoms with Crippen LogP contribution in [0.3, 0.4) is 0 Å². The molecule has 0 unspecified atom stereocenters. The molecule has 0 saturated carbocycles. The number of azide groups is 1. The fraction of sp³-hybridized carbons (Fsp3) is 0.556. The van der Waals surface area contributed by atoms with Crippen molar-refractivity contribution in [3.8, 4) is 11.5 Å². The van der Waals surface area contributed by atoms with E-state index >= 15 is 0 Å². The smallest absolute Gasteiger partial charge is 0.273 e. The van der Waals surface area contributed by atoms with Gasteiger partial charge in [0.2, 0.25) is 0 Å². The van der Waals surface area contributed by atoms with Crippen molar-refractivity contribution < 1.29 is 19.4 Å². The molecule has 8 nitrogen and oxygen atoms in total. The van der Waals surface area contributed by atoms with Crippen molar-refractivity contribution in [2.24, 2.45) is 17.1 Å². The van der Waals surface area contributed by atoms with Gasteiger partial charge in [0.1, 0.15) is 5.28 Å². The van der Waals surface area contributed by atoms with E-state index in [0.717, 1.165) is 24.9 Å². The van der Waals surface area contributed by atoms with E-state index in [1.807, 2.05) is 24.3 Å². The number of benzene rings is 1. The summed E-state index contributed by atoms with van der Waals surface area (Å²) in [6.07, 6.45) is 4.54. The topological polar surface area (TPSA) is 99.9 Å². The maximum absolute atomic E-state index is 11.0. The van der Waals surface area contributed by atoms with E-state index in [9.17, 15) is 5.11 Å². The Bertz CT molecular complexity index is 778. The lowest BCUT2D eigenvalue weighted by molar-refractivity contribution is -0.243. The van der Waals surface area contributed by atoms with Crippen molar-refractivity contribution in [3.05, 3.63) is 46.4 Å². The molecule has 1 aliphatic carbocycles. The fourth-order valence-corrected chi connectivity index (χ4v) is 4.51. The zero-order chi connectivity index (χ0) is 18.3. The van der Waals surface area contributed by atoms with Gasteiger partial charge in [0, 0.05) is 16.9 Å². The number of likely N-dealkylation sites (tertiary alicyclic amines) is 1. The molecule has 0 aromatic heterocycles. The Labute approximate surface area is 151 Å². The van der Waals surface area contributed by atoms with Crippen LogP contribution >= 0.6 is 0 Å². The summed E-state index contributed by atoms with van der Waals surface area (Å²) < 4.78 is 11.7. The van der Waals surface area contributed by atoms with Gasteiger partial charge < -0.3 is 24.3 Å². The van der Waals surface area contributed by atoms with Gasteiger partial charge in [0.25, 0.3) is 5.79 Å². The molecule has 0 amide bonds. The molecule has 1 N–H and O–H groups in total. The summed E-state index contributed by atoms with van der Waals surface area (Å²) in [6.45, 7) is 0.893. The van der Waals surface area contributed by atoms with Gasteiger partial charge in [-0.2, -0.15) is 0 Å². The normalized spacial score (nSPS) is 35.2. The minimum absolute atomic E-state index is 0.0269.